The summed E-state index contributed by atoms with van der Waals surface area (Å²) < 4.78 is 10.2. The van der Waals surface area contributed by atoms with E-state index in [9.17, 15) is 4.79 Å². The van der Waals surface area contributed by atoms with Gasteiger partial charge in [0.25, 0.3) is 5.79 Å². The molecule has 14 heavy (non-hydrogen) atoms. The lowest BCUT2D eigenvalue weighted by atomic mass is 10.00. The number of carbonyl (C=O) groups excluding carboxylic acids is 1. The molecule has 0 N–H and O–H groups in total. The van der Waals surface area contributed by atoms with Crippen molar-refractivity contribution in [1.82, 2.24) is 0 Å². The first kappa shape index (κ1) is 10.7. The van der Waals surface area contributed by atoms with E-state index >= 15 is 0 Å². The first-order chi connectivity index (χ1) is 6.62. The van der Waals surface area contributed by atoms with Crippen molar-refractivity contribution in [3.63, 3.8) is 0 Å². The zero-order chi connectivity index (χ0) is 10.6. The Morgan fingerprint density at radius 2 is 2.07 bits per heavy atom. The van der Waals surface area contributed by atoms with Crippen molar-refractivity contribution in [2.24, 2.45) is 5.92 Å². The molecule has 0 fully saturated rings. The van der Waals surface area contributed by atoms with Crippen LogP contribution in [0.1, 0.15) is 6.92 Å². The van der Waals surface area contributed by atoms with E-state index in [1.807, 2.05) is 12.2 Å². The molecule has 0 heterocycles. The molecule has 0 unspecified atom stereocenters. The number of esters is 1. The minimum atomic E-state index is -1.04. The van der Waals surface area contributed by atoms with Crippen LogP contribution in [0.3, 0.4) is 0 Å². The number of ether oxygens (including phenoxy) is 2. The predicted molar refractivity (Wildman–Crippen MR) is 53.5 cm³/mol. The third kappa shape index (κ3) is 2.33. The zero-order valence-corrected chi connectivity index (χ0v) is 8.40. The van der Waals surface area contributed by atoms with Crippen LogP contribution < -0.4 is 0 Å². The summed E-state index contributed by atoms with van der Waals surface area (Å²) in [5.41, 5.74) is 0. The third-order valence-electron chi connectivity index (χ3n) is 2.00. The predicted octanol–water partition coefficient (Wildman–Crippen LogP) is 1.82. The molecule has 0 aromatic carbocycles. The van der Waals surface area contributed by atoms with Gasteiger partial charge >= 0.3 is 5.97 Å². The average molecular weight is 194 g/mol. The van der Waals surface area contributed by atoms with Gasteiger partial charge in [-0.05, 0) is 12.2 Å². The highest BCUT2D eigenvalue weighted by molar-refractivity contribution is 5.67. The van der Waals surface area contributed by atoms with E-state index in [0.29, 0.717) is 0 Å². The number of rotatable bonds is 3. The second-order valence-electron chi connectivity index (χ2n) is 3.05. The molecule has 0 spiro atoms. The maximum absolute atomic E-state index is 10.8. The minimum absolute atomic E-state index is 0.175. The summed E-state index contributed by atoms with van der Waals surface area (Å²) in [5.74, 6) is -1.24. The van der Waals surface area contributed by atoms with Crippen LogP contribution in [0.25, 0.3) is 0 Å². The number of hydrogen-bond acceptors (Lipinski definition) is 3. The number of carbonyl (C=O) groups is 1. The highest BCUT2D eigenvalue weighted by Gasteiger charge is 2.29. The van der Waals surface area contributed by atoms with E-state index in [0.717, 1.165) is 0 Å². The van der Waals surface area contributed by atoms with Gasteiger partial charge < -0.3 is 9.47 Å². The van der Waals surface area contributed by atoms with Gasteiger partial charge in [-0.25, -0.2) is 0 Å². The lowest BCUT2D eigenvalue weighted by Crippen LogP contribution is -2.33. The fraction of sp³-hybridized carbons (Fsp3) is 0.364. The molecule has 0 aliphatic heterocycles. The van der Waals surface area contributed by atoms with Crippen molar-refractivity contribution in [2.45, 2.75) is 12.7 Å². The van der Waals surface area contributed by atoms with Crippen LogP contribution in [0.2, 0.25) is 0 Å². The van der Waals surface area contributed by atoms with Crippen molar-refractivity contribution in [2.75, 3.05) is 7.11 Å². The maximum Gasteiger partial charge on any atom is 0.305 e. The van der Waals surface area contributed by atoms with E-state index < -0.39 is 5.79 Å². The summed E-state index contributed by atoms with van der Waals surface area (Å²) in [6.07, 6.45) is 8.96. The first-order valence-electron chi connectivity index (χ1n) is 4.38. The Labute approximate surface area is 83.7 Å². The Kier molecular flexibility index (Phi) is 3.25. The molecule has 0 aromatic heterocycles. The molecule has 1 aliphatic rings. The Morgan fingerprint density at radius 1 is 1.50 bits per heavy atom. The van der Waals surface area contributed by atoms with Gasteiger partial charge in [0.15, 0.2) is 0 Å². The zero-order valence-electron chi connectivity index (χ0n) is 8.40. The van der Waals surface area contributed by atoms with Crippen LogP contribution in [-0.4, -0.2) is 18.9 Å². The summed E-state index contributed by atoms with van der Waals surface area (Å²) in [6.45, 7) is 5.02. The maximum atomic E-state index is 10.8. The van der Waals surface area contributed by atoms with Gasteiger partial charge in [0.05, 0.1) is 0 Å². The van der Waals surface area contributed by atoms with Crippen molar-refractivity contribution < 1.29 is 14.3 Å². The van der Waals surface area contributed by atoms with Gasteiger partial charge in [-0.3, -0.25) is 4.79 Å². The van der Waals surface area contributed by atoms with E-state index in [-0.39, 0.29) is 11.9 Å². The molecule has 76 valence electrons. The smallest absolute Gasteiger partial charge is 0.305 e. The van der Waals surface area contributed by atoms with Crippen LogP contribution in [0, 0.1) is 5.92 Å². The largest absolute Gasteiger partial charge is 0.426 e. The third-order valence-corrected chi connectivity index (χ3v) is 2.00. The number of hydrogen-bond donors (Lipinski definition) is 0. The fourth-order valence-corrected chi connectivity index (χ4v) is 1.24. The van der Waals surface area contributed by atoms with Gasteiger partial charge in [-0.15, -0.1) is 6.58 Å². The molecule has 1 aliphatic carbocycles. The average Bonchev–Trinajstić information content (AvgIpc) is 2.18. The summed E-state index contributed by atoms with van der Waals surface area (Å²) in [7, 11) is 1.49. The molecular formula is C11H14O3. The highest BCUT2D eigenvalue weighted by Crippen LogP contribution is 2.23. The molecule has 0 aromatic rings. The van der Waals surface area contributed by atoms with Crippen LogP contribution in [0.4, 0.5) is 0 Å². The fourth-order valence-electron chi connectivity index (χ4n) is 1.24. The van der Waals surface area contributed by atoms with Crippen molar-refractivity contribution in [3.05, 3.63) is 37.0 Å². The van der Waals surface area contributed by atoms with E-state index in [4.69, 9.17) is 9.47 Å². The summed E-state index contributed by atoms with van der Waals surface area (Å²) >= 11 is 0. The van der Waals surface area contributed by atoms with Crippen LogP contribution in [-0.2, 0) is 14.3 Å². The van der Waals surface area contributed by atoms with Crippen molar-refractivity contribution >= 4 is 5.97 Å². The highest BCUT2D eigenvalue weighted by atomic mass is 16.7. The quantitative estimate of drug-likeness (QED) is 0.390. The first-order valence-corrected chi connectivity index (χ1v) is 4.38. The van der Waals surface area contributed by atoms with Gasteiger partial charge in [0, 0.05) is 20.0 Å². The minimum Gasteiger partial charge on any atom is -0.426 e. The standard InChI is InChI=1S/C11H14O3/c1-4-10-5-7-11(13-3,8-6-10)14-9(2)12/h4-8,10H,1H2,2-3H3. The topological polar surface area (TPSA) is 35.5 Å². The number of methoxy groups -OCH3 is 1. The van der Waals surface area contributed by atoms with Gasteiger partial charge in [-0.1, -0.05) is 18.2 Å². The van der Waals surface area contributed by atoms with Crippen LogP contribution in [0.15, 0.2) is 37.0 Å². The Balaban J connectivity index is 2.79. The van der Waals surface area contributed by atoms with Gasteiger partial charge in [0.2, 0.25) is 0 Å². The van der Waals surface area contributed by atoms with E-state index in [1.54, 1.807) is 18.2 Å². The van der Waals surface area contributed by atoms with E-state index in [1.165, 1.54) is 14.0 Å². The normalized spacial score (nSPS) is 30.0. The molecule has 3 nitrogen and oxygen atoms in total. The molecule has 0 saturated heterocycles. The van der Waals surface area contributed by atoms with Crippen molar-refractivity contribution in [3.8, 4) is 0 Å². The summed E-state index contributed by atoms with van der Waals surface area (Å²) in [6, 6.07) is 0. The molecule has 3 heteroatoms. The van der Waals surface area contributed by atoms with Gasteiger partial charge in [0.1, 0.15) is 0 Å². The lowest BCUT2D eigenvalue weighted by Gasteiger charge is -2.27. The van der Waals surface area contributed by atoms with Crippen molar-refractivity contribution in [1.29, 1.82) is 0 Å². The molecule has 0 amide bonds. The number of allylic oxidation sites excluding steroid dienone is 3. The Morgan fingerprint density at radius 3 is 2.43 bits per heavy atom. The second-order valence-corrected chi connectivity index (χ2v) is 3.05. The molecule has 0 atom stereocenters. The Bertz CT molecular complexity index is 275. The molecule has 0 bridgehead atoms. The van der Waals surface area contributed by atoms with Crippen LogP contribution in [0.5, 0.6) is 0 Å². The lowest BCUT2D eigenvalue weighted by molar-refractivity contribution is -0.182. The summed E-state index contributed by atoms with van der Waals surface area (Å²) in [4.78, 5) is 10.8. The van der Waals surface area contributed by atoms with Gasteiger partial charge in [-0.2, -0.15) is 0 Å². The Hall–Kier alpha value is -1.35. The molecule has 0 saturated carbocycles. The monoisotopic (exact) mass is 194 g/mol. The summed E-state index contributed by atoms with van der Waals surface area (Å²) in [5, 5.41) is 0. The SMILES string of the molecule is C=CC1C=CC(OC)(OC(C)=O)C=C1. The molecule has 0 radical (unpaired) electrons. The second kappa shape index (κ2) is 4.24. The van der Waals surface area contributed by atoms with Crippen LogP contribution >= 0.6 is 0 Å². The van der Waals surface area contributed by atoms with E-state index in [2.05, 4.69) is 6.58 Å². The molecule has 1 rings (SSSR count). The molecular weight excluding hydrogens is 180 g/mol.